The third-order valence-corrected chi connectivity index (χ3v) is 11.0. The lowest BCUT2D eigenvalue weighted by atomic mass is 10.0. The van der Waals surface area contributed by atoms with Gasteiger partial charge in [-0.15, -0.1) is 0 Å². The van der Waals surface area contributed by atoms with Crippen molar-refractivity contribution in [2.45, 2.75) is 143 Å². The van der Waals surface area contributed by atoms with E-state index in [1.807, 2.05) is 20.8 Å². The summed E-state index contributed by atoms with van der Waals surface area (Å²) in [4.78, 5) is 0. The lowest BCUT2D eigenvalue weighted by Gasteiger charge is -2.33. The number of hydrogen-bond acceptors (Lipinski definition) is 6. The van der Waals surface area contributed by atoms with Crippen LogP contribution in [-0.2, 0) is 27.5 Å². The first kappa shape index (κ1) is 46.3. The second kappa shape index (κ2) is 34.6. The van der Waals surface area contributed by atoms with Gasteiger partial charge in [0.15, 0.2) is 0 Å². The van der Waals surface area contributed by atoms with Crippen LogP contribution in [0.3, 0.4) is 0 Å². The molecule has 44 heavy (non-hydrogen) atoms. The average Bonchev–Trinajstić information content (AvgIpc) is 2.99. The third kappa shape index (κ3) is 30.9. The molecule has 7 nitrogen and oxygen atoms in total. The topological polar surface area (TPSA) is 55.4 Å². The molecular weight excluding hydrogens is 594 g/mol. The van der Waals surface area contributed by atoms with Crippen molar-refractivity contribution >= 4 is 8.80 Å². The van der Waals surface area contributed by atoms with E-state index < -0.39 is 8.80 Å². The Bertz CT molecular complexity index is 530. The number of ether oxygens (including phenoxy) is 3. The van der Waals surface area contributed by atoms with E-state index >= 15 is 0 Å². The highest BCUT2D eigenvalue weighted by atomic mass is 35.5. The Morgan fingerprint density at radius 1 is 0.409 bits per heavy atom. The molecule has 0 aliphatic heterocycles. The molecule has 0 saturated heterocycles. The number of nitrogens with zero attached hydrogens (tertiary/aromatic N) is 1. The molecule has 0 aromatic rings. The van der Waals surface area contributed by atoms with Crippen LogP contribution in [0.15, 0.2) is 0 Å². The first-order chi connectivity index (χ1) is 20.9. The van der Waals surface area contributed by atoms with Gasteiger partial charge in [-0.25, -0.2) is 0 Å². The zero-order valence-electron chi connectivity index (χ0n) is 30.3. The fourth-order valence-electron chi connectivity index (χ4n) is 5.47. The Kier molecular flexibility index (Phi) is 36.4. The maximum absolute atomic E-state index is 6.35. The molecule has 0 bridgehead atoms. The minimum absolute atomic E-state index is 0. The minimum Gasteiger partial charge on any atom is -1.00 e. The van der Waals surface area contributed by atoms with Crippen molar-refractivity contribution in [3.05, 3.63) is 0 Å². The maximum atomic E-state index is 6.35. The lowest BCUT2D eigenvalue weighted by molar-refractivity contribution is -0.890. The van der Waals surface area contributed by atoms with E-state index in [1.54, 1.807) is 0 Å². The fourth-order valence-corrected chi connectivity index (χ4v) is 7.92. The molecule has 0 aliphatic carbocycles. The van der Waals surface area contributed by atoms with Crippen molar-refractivity contribution < 1.29 is 44.4 Å². The molecule has 0 aliphatic rings. The van der Waals surface area contributed by atoms with Gasteiger partial charge in [0, 0.05) is 32.3 Å². The van der Waals surface area contributed by atoms with E-state index in [2.05, 4.69) is 21.0 Å². The maximum Gasteiger partial charge on any atom is 0.501 e. The third-order valence-electron chi connectivity index (χ3n) is 8.12. The number of halogens is 1. The van der Waals surface area contributed by atoms with Gasteiger partial charge in [-0.2, -0.15) is 0 Å². The first-order valence-corrected chi connectivity index (χ1v) is 20.4. The van der Waals surface area contributed by atoms with Gasteiger partial charge in [0.2, 0.25) is 0 Å². The molecule has 0 N–H and O–H groups in total. The highest BCUT2D eigenvalue weighted by Crippen LogP contribution is 2.20. The average molecular weight is 671 g/mol. The van der Waals surface area contributed by atoms with Gasteiger partial charge < -0.3 is 44.4 Å². The summed E-state index contributed by atoms with van der Waals surface area (Å²) in [5, 5.41) is 0. The Morgan fingerprint density at radius 3 is 1.07 bits per heavy atom. The van der Waals surface area contributed by atoms with Crippen LogP contribution in [0.1, 0.15) is 137 Å². The van der Waals surface area contributed by atoms with Gasteiger partial charge in [0.1, 0.15) is 0 Å². The van der Waals surface area contributed by atoms with Crippen molar-refractivity contribution in [1.82, 2.24) is 0 Å². The fraction of sp³-hybridized carbons (Fsp3) is 1.00. The van der Waals surface area contributed by atoms with Crippen molar-refractivity contribution in [3.63, 3.8) is 0 Å². The highest BCUT2D eigenvalue weighted by molar-refractivity contribution is 6.60. The molecule has 0 saturated carbocycles. The molecule has 9 heteroatoms. The molecule has 0 amide bonds. The number of quaternary nitrogens is 1. The smallest absolute Gasteiger partial charge is 0.501 e. The Balaban J connectivity index is 0. The predicted octanol–water partition coefficient (Wildman–Crippen LogP) is 5.82. The Morgan fingerprint density at radius 2 is 0.727 bits per heavy atom. The lowest BCUT2D eigenvalue weighted by Crippen LogP contribution is -3.00. The van der Waals surface area contributed by atoms with Crippen LogP contribution in [-0.4, -0.2) is 99.9 Å². The van der Waals surface area contributed by atoms with Crippen molar-refractivity contribution in [3.8, 4) is 0 Å². The molecule has 0 spiro atoms. The summed E-state index contributed by atoms with van der Waals surface area (Å²) in [6, 6.07) is 0.804. The first-order valence-electron chi connectivity index (χ1n) is 18.4. The van der Waals surface area contributed by atoms with Crippen LogP contribution >= 0.6 is 0 Å². The molecule has 0 aromatic heterocycles. The summed E-state index contributed by atoms with van der Waals surface area (Å²) in [6.07, 6.45) is 23.6. The van der Waals surface area contributed by atoms with Crippen molar-refractivity contribution in [1.29, 1.82) is 0 Å². The van der Waals surface area contributed by atoms with Crippen LogP contribution in [0.5, 0.6) is 0 Å². The minimum atomic E-state index is -2.87. The molecule has 0 radical (unpaired) electrons. The number of rotatable bonds is 36. The van der Waals surface area contributed by atoms with Crippen LogP contribution in [0, 0.1) is 0 Å². The molecule has 0 aromatic carbocycles. The molecule has 0 heterocycles. The molecular formula is C35H76ClNO6Si. The molecule has 0 rings (SSSR count). The summed E-state index contributed by atoms with van der Waals surface area (Å²) < 4.78 is 36.7. The van der Waals surface area contributed by atoms with Gasteiger partial charge in [0.05, 0.1) is 66.8 Å². The van der Waals surface area contributed by atoms with E-state index in [4.69, 9.17) is 27.5 Å². The highest BCUT2D eigenvalue weighted by Gasteiger charge is 2.41. The van der Waals surface area contributed by atoms with E-state index in [0.717, 1.165) is 23.5 Å². The molecule has 0 unspecified atom stereocenters. The van der Waals surface area contributed by atoms with Gasteiger partial charge >= 0.3 is 8.80 Å². The zero-order chi connectivity index (χ0) is 31.7. The molecule has 0 fully saturated rings. The normalized spacial score (nSPS) is 12.1. The summed E-state index contributed by atoms with van der Waals surface area (Å²) in [5.74, 6) is 0. The summed E-state index contributed by atoms with van der Waals surface area (Å²) in [5.41, 5.74) is 0. The number of hydrogen-bond donors (Lipinski definition) is 0. The summed E-state index contributed by atoms with van der Waals surface area (Å²) in [7, 11) is 1.84. The van der Waals surface area contributed by atoms with E-state index in [1.165, 1.54) is 109 Å². The molecule has 0 atom stereocenters. The van der Waals surface area contributed by atoms with Crippen LogP contribution in [0.25, 0.3) is 0 Å². The van der Waals surface area contributed by atoms with E-state index in [9.17, 15) is 0 Å². The van der Waals surface area contributed by atoms with Gasteiger partial charge in [-0.05, 0) is 33.6 Å². The standard InChI is InChI=1S/C35H76NO6Si.ClH/c1-7-11-12-13-14-15-16-17-18-19-20-21-22-23-24-25-27-36(5,6)28-26-35-43(40-32-29-37-8-2,41-33-30-38-9-3)42-34-31-39-10-4;/h7-35H2,1-6H3;1H/q+1;/p-1. The zero-order valence-corrected chi connectivity index (χ0v) is 32.0. The van der Waals surface area contributed by atoms with Crippen molar-refractivity contribution in [2.75, 3.05) is 86.6 Å². The van der Waals surface area contributed by atoms with E-state index in [-0.39, 0.29) is 12.4 Å². The summed E-state index contributed by atoms with van der Waals surface area (Å²) >= 11 is 0. The Labute approximate surface area is 282 Å². The Hall–Kier alpha value is 0.227. The molecule has 268 valence electrons. The van der Waals surface area contributed by atoms with Gasteiger partial charge in [-0.1, -0.05) is 96.8 Å². The van der Waals surface area contributed by atoms with Crippen molar-refractivity contribution in [2.24, 2.45) is 0 Å². The SMILES string of the molecule is CCCCCCCCCCCCCCCCCC[N+](C)(C)CCC[Si](OCCOCC)(OCCOCC)OCCOCC.[Cl-]. The second-order valence-electron chi connectivity index (χ2n) is 12.6. The van der Waals surface area contributed by atoms with Crippen LogP contribution in [0.2, 0.25) is 6.04 Å². The van der Waals surface area contributed by atoms with E-state index in [0.29, 0.717) is 59.5 Å². The quantitative estimate of drug-likeness (QED) is 0.0477. The van der Waals surface area contributed by atoms with Crippen LogP contribution < -0.4 is 12.4 Å². The van der Waals surface area contributed by atoms with Crippen LogP contribution in [0.4, 0.5) is 0 Å². The van der Waals surface area contributed by atoms with Gasteiger partial charge in [0.25, 0.3) is 0 Å². The number of unbranched alkanes of at least 4 members (excludes halogenated alkanes) is 15. The predicted molar refractivity (Wildman–Crippen MR) is 184 cm³/mol. The second-order valence-corrected chi connectivity index (χ2v) is 15.3. The van der Waals surface area contributed by atoms with Gasteiger partial charge in [-0.3, -0.25) is 0 Å². The summed E-state index contributed by atoms with van der Waals surface area (Å²) in [6.45, 7) is 15.8. The largest absolute Gasteiger partial charge is 1.00 e. The monoisotopic (exact) mass is 670 g/mol.